The summed E-state index contributed by atoms with van der Waals surface area (Å²) in [5.41, 5.74) is 4.91. The molecule has 0 atom stereocenters. The second-order valence-corrected chi connectivity index (χ2v) is 7.79. The van der Waals surface area contributed by atoms with Crippen LogP contribution >= 0.6 is 0 Å². The number of Topliss-reactive ketones (excluding diaryl/α,β-unsaturated/α-hetero) is 1. The maximum absolute atomic E-state index is 13.1. The molecule has 5 heteroatoms. The van der Waals surface area contributed by atoms with Gasteiger partial charge in [0.1, 0.15) is 0 Å². The summed E-state index contributed by atoms with van der Waals surface area (Å²) in [6.45, 7) is 5.09. The van der Waals surface area contributed by atoms with E-state index in [0.29, 0.717) is 5.92 Å². The van der Waals surface area contributed by atoms with Gasteiger partial charge in [-0.25, -0.2) is 0 Å². The Morgan fingerprint density at radius 2 is 1.13 bits per heavy atom. The standard InChI is InChI=1S/C25H26N2O3/c1-16-12-21(14-19-4-8-23(9-5-19)26-17(2)28)25(30)22(13-16)15-20-6-10-24(11-7-20)27-18(3)29/h4-11,14-16H,12-13H2,1-3H3,(H,26,28)(H,27,29). The molecule has 0 aliphatic heterocycles. The van der Waals surface area contributed by atoms with Gasteiger partial charge in [-0.05, 0) is 66.3 Å². The Morgan fingerprint density at radius 3 is 1.47 bits per heavy atom. The predicted octanol–water partition coefficient (Wildman–Crippen LogP) is 5.07. The molecule has 0 saturated heterocycles. The van der Waals surface area contributed by atoms with E-state index in [-0.39, 0.29) is 17.6 Å². The first-order valence-electron chi connectivity index (χ1n) is 10.0. The number of nitrogens with one attached hydrogen (secondary N) is 2. The molecule has 3 rings (SSSR count). The molecule has 2 aromatic rings. The van der Waals surface area contributed by atoms with Crippen molar-refractivity contribution in [1.82, 2.24) is 0 Å². The lowest BCUT2D eigenvalue weighted by Crippen LogP contribution is -2.18. The number of anilines is 2. The number of hydrogen-bond acceptors (Lipinski definition) is 3. The van der Waals surface area contributed by atoms with Gasteiger partial charge in [-0.1, -0.05) is 31.2 Å². The van der Waals surface area contributed by atoms with Crippen LogP contribution in [-0.2, 0) is 14.4 Å². The molecule has 1 aliphatic carbocycles. The molecule has 154 valence electrons. The van der Waals surface area contributed by atoms with Gasteiger partial charge >= 0.3 is 0 Å². The maximum Gasteiger partial charge on any atom is 0.221 e. The fraction of sp³-hybridized carbons (Fsp3) is 0.240. The Kier molecular flexibility index (Phi) is 6.62. The molecular weight excluding hydrogens is 376 g/mol. The summed E-state index contributed by atoms with van der Waals surface area (Å²) in [4.78, 5) is 35.4. The SMILES string of the molecule is CC(=O)Nc1ccc(C=C2CC(C)CC(=Cc3ccc(NC(C)=O)cc3)C2=O)cc1. The van der Waals surface area contributed by atoms with Gasteiger partial charge in [-0.15, -0.1) is 0 Å². The molecule has 1 aliphatic rings. The smallest absolute Gasteiger partial charge is 0.221 e. The topological polar surface area (TPSA) is 75.3 Å². The largest absolute Gasteiger partial charge is 0.326 e. The minimum absolute atomic E-state index is 0.0741. The van der Waals surface area contributed by atoms with E-state index in [9.17, 15) is 14.4 Å². The van der Waals surface area contributed by atoms with Gasteiger partial charge in [0.05, 0.1) is 0 Å². The summed E-state index contributed by atoms with van der Waals surface area (Å²) >= 11 is 0. The van der Waals surface area contributed by atoms with Crippen molar-refractivity contribution in [2.24, 2.45) is 5.92 Å². The van der Waals surface area contributed by atoms with Crippen molar-refractivity contribution in [1.29, 1.82) is 0 Å². The van der Waals surface area contributed by atoms with Crippen LogP contribution in [-0.4, -0.2) is 17.6 Å². The molecule has 1 fully saturated rings. The number of carbonyl (C=O) groups is 3. The lowest BCUT2D eigenvalue weighted by Gasteiger charge is -2.22. The number of hydrogen-bond donors (Lipinski definition) is 2. The fourth-order valence-electron chi connectivity index (χ4n) is 3.60. The van der Waals surface area contributed by atoms with Crippen LogP contribution in [0.5, 0.6) is 0 Å². The molecular formula is C25H26N2O3. The van der Waals surface area contributed by atoms with Gasteiger partial charge in [-0.2, -0.15) is 0 Å². The summed E-state index contributed by atoms with van der Waals surface area (Å²) in [7, 11) is 0. The van der Waals surface area contributed by atoms with Crippen molar-refractivity contribution in [2.75, 3.05) is 10.6 Å². The highest BCUT2D eigenvalue weighted by Gasteiger charge is 2.25. The van der Waals surface area contributed by atoms with E-state index in [0.717, 1.165) is 46.5 Å². The molecule has 0 spiro atoms. The molecule has 2 amide bonds. The second-order valence-electron chi connectivity index (χ2n) is 7.79. The first kappa shape index (κ1) is 21.2. The highest BCUT2D eigenvalue weighted by atomic mass is 16.2. The second kappa shape index (κ2) is 9.35. The van der Waals surface area contributed by atoms with Gasteiger partial charge in [-0.3, -0.25) is 14.4 Å². The first-order chi connectivity index (χ1) is 14.3. The molecule has 0 aromatic heterocycles. The van der Waals surface area contributed by atoms with Gasteiger partial charge in [0.15, 0.2) is 5.78 Å². The zero-order valence-corrected chi connectivity index (χ0v) is 17.5. The molecule has 2 N–H and O–H groups in total. The van der Waals surface area contributed by atoms with Crippen LogP contribution in [0.2, 0.25) is 0 Å². The molecule has 30 heavy (non-hydrogen) atoms. The Hall–Kier alpha value is -3.47. The molecule has 0 bridgehead atoms. The van der Waals surface area contributed by atoms with Crippen LogP contribution in [0.4, 0.5) is 11.4 Å². The number of amides is 2. The summed E-state index contributed by atoms with van der Waals surface area (Å²) in [5, 5.41) is 5.48. The average molecular weight is 402 g/mol. The van der Waals surface area contributed by atoms with E-state index < -0.39 is 0 Å². The van der Waals surface area contributed by atoms with Crippen LogP contribution in [0.25, 0.3) is 12.2 Å². The van der Waals surface area contributed by atoms with E-state index in [2.05, 4.69) is 17.6 Å². The molecule has 2 aromatic carbocycles. The Balaban J connectivity index is 1.80. The van der Waals surface area contributed by atoms with E-state index in [1.54, 1.807) is 0 Å². The minimum Gasteiger partial charge on any atom is -0.326 e. The van der Waals surface area contributed by atoms with Crippen molar-refractivity contribution in [3.8, 4) is 0 Å². The molecule has 5 nitrogen and oxygen atoms in total. The van der Waals surface area contributed by atoms with Crippen molar-refractivity contribution in [3.63, 3.8) is 0 Å². The molecule has 0 unspecified atom stereocenters. The first-order valence-corrected chi connectivity index (χ1v) is 10.0. The van der Waals surface area contributed by atoms with Crippen LogP contribution in [0.1, 0.15) is 44.7 Å². The summed E-state index contributed by atoms with van der Waals surface area (Å²) in [6.07, 6.45) is 5.35. The van der Waals surface area contributed by atoms with Crippen molar-refractivity contribution < 1.29 is 14.4 Å². The summed E-state index contributed by atoms with van der Waals surface area (Å²) < 4.78 is 0. The van der Waals surface area contributed by atoms with E-state index >= 15 is 0 Å². The van der Waals surface area contributed by atoms with E-state index in [1.807, 2.05) is 60.7 Å². The summed E-state index contributed by atoms with van der Waals surface area (Å²) in [5.74, 6) is 0.219. The van der Waals surface area contributed by atoms with Crippen LogP contribution in [0.3, 0.4) is 0 Å². The van der Waals surface area contributed by atoms with Gasteiger partial charge < -0.3 is 10.6 Å². The predicted molar refractivity (Wildman–Crippen MR) is 121 cm³/mol. The minimum atomic E-state index is -0.114. The third-order valence-electron chi connectivity index (χ3n) is 4.86. The normalized spacial score (nSPS) is 19.0. The van der Waals surface area contributed by atoms with Gasteiger partial charge in [0, 0.05) is 36.4 Å². The molecule has 1 saturated carbocycles. The molecule has 0 radical (unpaired) electrons. The number of rotatable bonds is 4. The van der Waals surface area contributed by atoms with Crippen LogP contribution in [0.15, 0.2) is 59.7 Å². The fourth-order valence-corrected chi connectivity index (χ4v) is 3.60. The maximum atomic E-state index is 13.1. The Labute approximate surface area is 176 Å². The third-order valence-corrected chi connectivity index (χ3v) is 4.86. The summed E-state index contributed by atoms with van der Waals surface area (Å²) in [6, 6.07) is 14.9. The number of benzene rings is 2. The zero-order chi connectivity index (χ0) is 21.7. The lowest BCUT2D eigenvalue weighted by molar-refractivity contribution is -0.115. The number of carbonyl (C=O) groups excluding carboxylic acids is 3. The monoisotopic (exact) mass is 402 g/mol. The zero-order valence-electron chi connectivity index (χ0n) is 17.5. The quantitative estimate of drug-likeness (QED) is 0.701. The number of allylic oxidation sites excluding steroid dienone is 2. The average Bonchev–Trinajstić information content (AvgIpc) is 2.67. The van der Waals surface area contributed by atoms with Crippen molar-refractivity contribution in [2.45, 2.75) is 33.6 Å². The highest BCUT2D eigenvalue weighted by molar-refractivity contribution is 6.14. The third kappa shape index (κ3) is 5.77. The van der Waals surface area contributed by atoms with Crippen molar-refractivity contribution >= 4 is 41.1 Å². The van der Waals surface area contributed by atoms with Gasteiger partial charge in [0.25, 0.3) is 0 Å². The van der Waals surface area contributed by atoms with Gasteiger partial charge in [0.2, 0.25) is 11.8 Å². The Morgan fingerprint density at radius 1 is 0.767 bits per heavy atom. The molecule has 0 heterocycles. The van der Waals surface area contributed by atoms with E-state index in [1.165, 1.54) is 13.8 Å². The van der Waals surface area contributed by atoms with E-state index in [4.69, 9.17) is 0 Å². The lowest BCUT2D eigenvalue weighted by atomic mass is 9.81. The highest BCUT2D eigenvalue weighted by Crippen LogP contribution is 2.32. The Bertz CT molecular complexity index is 934. The van der Waals surface area contributed by atoms with Crippen LogP contribution in [0, 0.1) is 5.92 Å². The number of ketones is 1. The van der Waals surface area contributed by atoms with Crippen molar-refractivity contribution in [3.05, 3.63) is 70.8 Å². The van der Waals surface area contributed by atoms with Crippen LogP contribution < -0.4 is 10.6 Å².